The molecule has 2 N–H and O–H groups in total. The summed E-state index contributed by atoms with van der Waals surface area (Å²) in [5.41, 5.74) is 0.667. The van der Waals surface area contributed by atoms with Crippen molar-refractivity contribution in [1.82, 2.24) is 10.4 Å². The van der Waals surface area contributed by atoms with E-state index < -0.39 is 27.2 Å². The van der Waals surface area contributed by atoms with E-state index >= 15 is 0 Å². The van der Waals surface area contributed by atoms with Crippen molar-refractivity contribution in [2.24, 2.45) is 5.41 Å². The highest BCUT2D eigenvalue weighted by Gasteiger charge is 2.40. The minimum atomic E-state index is -3.67. The Morgan fingerprint density at radius 3 is 2.07 bits per heavy atom. The van der Waals surface area contributed by atoms with Crippen LogP contribution in [0.1, 0.15) is 13.8 Å². The molecule has 1 amide bonds. The van der Waals surface area contributed by atoms with Gasteiger partial charge in [0.15, 0.2) is 9.84 Å². The largest absolute Gasteiger partial charge is 0.457 e. The van der Waals surface area contributed by atoms with Crippen molar-refractivity contribution in [3.8, 4) is 11.5 Å². The molecular weight excluding hydrogens is 416 g/mol. The first-order chi connectivity index (χ1) is 13.1. The van der Waals surface area contributed by atoms with E-state index in [0.717, 1.165) is 0 Å². The molecule has 0 aliphatic heterocycles. The molecule has 2 aromatic rings. The number of rotatable bonds is 8. The third-order valence-electron chi connectivity index (χ3n) is 4.34. The van der Waals surface area contributed by atoms with Crippen molar-refractivity contribution < 1.29 is 23.2 Å². The summed E-state index contributed by atoms with van der Waals surface area (Å²) in [6.45, 7) is 3.36. The van der Waals surface area contributed by atoms with Crippen molar-refractivity contribution in [3.05, 3.63) is 54.6 Å². The third-order valence-corrected chi connectivity index (χ3v) is 6.45. The summed E-state index contributed by atoms with van der Waals surface area (Å²) in [5.74, 6) is 0.255. The lowest BCUT2D eigenvalue weighted by Gasteiger charge is -2.36. The SMILES string of the molecule is CN(C)[C@H](C(=O)NO)C(C)(C)CS(=O)(=O)c1ccc(Oc2ccccc2)cc1.Cl. The Balaban J connectivity index is 0.00000420. The lowest BCUT2D eigenvalue weighted by atomic mass is 9.85. The highest BCUT2D eigenvalue weighted by Crippen LogP contribution is 2.30. The maximum Gasteiger partial charge on any atom is 0.261 e. The number of carbonyl (C=O) groups is 1. The highest BCUT2D eigenvalue weighted by molar-refractivity contribution is 7.91. The lowest BCUT2D eigenvalue weighted by Crippen LogP contribution is -2.53. The monoisotopic (exact) mass is 442 g/mol. The zero-order valence-corrected chi connectivity index (χ0v) is 18.5. The summed E-state index contributed by atoms with van der Waals surface area (Å²) in [7, 11) is -0.358. The van der Waals surface area contributed by atoms with Crippen LogP contribution in [0.5, 0.6) is 11.5 Å². The maximum atomic E-state index is 12.9. The zero-order chi connectivity index (χ0) is 20.9. The van der Waals surface area contributed by atoms with E-state index in [9.17, 15) is 13.2 Å². The van der Waals surface area contributed by atoms with Crippen LogP contribution in [-0.2, 0) is 14.6 Å². The summed E-state index contributed by atoms with van der Waals surface area (Å²) in [4.78, 5) is 13.7. The first-order valence-electron chi connectivity index (χ1n) is 8.73. The van der Waals surface area contributed by atoms with Gasteiger partial charge in [0.25, 0.3) is 5.91 Å². The van der Waals surface area contributed by atoms with Crippen molar-refractivity contribution in [1.29, 1.82) is 0 Å². The molecule has 0 spiro atoms. The number of para-hydroxylation sites is 1. The summed E-state index contributed by atoms with van der Waals surface area (Å²) >= 11 is 0. The van der Waals surface area contributed by atoms with Crippen LogP contribution in [0.4, 0.5) is 0 Å². The lowest BCUT2D eigenvalue weighted by molar-refractivity contribution is -0.137. The van der Waals surface area contributed by atoms with Gasteiger partial charge in [-0.2, -0.15) is 0 Å². The molecule has 0 heterocycles. The van der Waals surface area contributed by atoms with Gasteiger partial charge in [0.05, 0.1) is 16.7 Å². The molecule has 0 unspecified atom stereocenters. The number of amides is 1. The van der Waals surface area contributed by atoms with Gasteiger partial charge in [-0.25, -0.2) is 13.9 Å². The van der Waals surface area contributed by atoms with Gasteiger partial charge in [0.1, 0.15) is 11.5 Å². The van der Waals surface area contributed by atoms with E-state index in [0.29, 0.717) is 11.5 Å². The Morgan fingerprint density at radius 2 is 1.59 bits per heavy atom. The molecule has 1 atom stereocenters. The van der Waals surface area contributed by atoms with Crippen LogP contribution in [0.25, 0.3) is 0 Å². The van der Waals surface area contributed by atoms with Crippen molar-refractivity contribution in [2.75, 3.05) is 19.8 Å². The fourth-order valence-corrected chi connectivity index (χ4v) is 5.20. The van der Waals surface area contributed by atoms with E-state index in [-0.39, 0.29) is 23.1 Å². The number of nitrogens with zero attached hydrogens (tertiary/aromatic N) is 1. The number of nitrogens with one attached hydrogen (secondary N) is 1. The molecule has 9 heteroatoms. The van der Waals surface area contributed by atoms with Crippen molar-refractivity contribution in [3.63, 3.8) is 0 Å². The van der Waals surface area contributed by atoms with Gasteiger partial charge in [-0.05, 0) is 50.5 Å². The molecule has 0 saturated heterocycles. The standard InChI is InChI=1S/C20H26N2O5S.ClH/c1-20(2,18(22(3)4)19(23)21-24)14-28(25,26)17-12-10-16(11-13-17)27-15-8-6-5-7-9-15;/h5-13,18,24H,14H2,1-4H3,(H,21,23);1H/t18-;/m1./s1. The second-order valence-corrected chi connectivity index (χ2v) is 9.47. The van der Waals surface area contributed by atoms with Gasteiger partial charge in [0, 0.05) is 5.41 Å². The molecule has 29 heavy (non-hydrogen) atoms. The normalized spacial score (nSPS) is 12.8. The fraction of sp³-hybridized carbons (Fsp3) is 0.350. The minimum Gasteiger partial charge on any atom is -0.457 e. The number of hydrogen-bond donors (Lipinski definition) is 2. The number of ether oxygens (including phenoxy) is 1. The summed E-state index contributed by atoms with van der Waals surface area (Å²) < 4.78 is 31.5. The van der Waals surface area contributed by atoms with E-state index in [4.69, 9.17) is 9.94 Å². The molecule has 0 aliphatic rings. The van der Waals surface area contributed by atoms with Crippen molar-refractivity contribution in [2.45, 2.75) is 24.8 Å². The van der Waals surface area contributed by atoms with E-state index in [1.165, 1.54) is 12.1 Å². The summed E-state index contributed by atoms with van der Waals surface area (Å²) in [6, 6.07) is 14.5. The number of hydroxylamine groups is 1. The second kappa shape index (κ2) is 10.1. The number of halogens is 1. The average Bonchev–Trinajstić information content (AvgIpc) is 2.61. The van der Waals surface area contributed by atoms with E-state index in [2.05, 4.69) is 0 Å². The van der Waals surface area contributed by atoms with Gasteiger partial charge >= 0.3 is 0 Å². The maximum absolute atomic E-state index is 12.9. The van der Waals surface area contributed by atoms with Crippen LogP contribution in [0, 0.1) is 5.41 Å². The van der Waals surface area contributed by atoms with Crippen LogP contribution >= 0.6 is 12.4 Å². The second-order valence-electron chi connectivity index (χ2n) is 7.48. The first-order valence-corrected chi connectivity index (χ1v) is 10.4. The van der Waals surface area contributed by atoms with Gasteiger partial charge in [0.2, 0.25) is 0 Å². The Kier molecular flexibility index (Phi) is 8.65. The molecule has 2 aromatic carbocycles. The third kappa shape index (κ3) is 6.43. The molecule has 0 bridgehead atoms. The predicted molar refractivity (Wildman–Crippen MR) is 113 cm³/mol. The molecule has 7 nitrogen and oxygen atoms in total. The van der Waals surface area contributed by atoms with E-state index in [1.807, 2.05) is 18.2 Å². The number of likely N-dealkylation sites (N-methyl/N-ethyl adjacent to an activating group) is 1. The Morgan fingerprint density at radius 1 is 1.07 bits per heavy atom. The quantitative estimate of drug-likeness (QED) is 0.481. The Hall–Kier alpha value is -2.13. The molecular formula is C20H27ClN2O5S. The number of sulfone groups is 1. The molecule has 2 rings (SSSR count). The predicted octanol–water partition coefficient (Wildman–Crippen LogP) is 3.14. The average molecular weight is 443 g/mol. The van der Waals surface area contributed by atoms with Gasteiger partial charge in [-0.3, -0.25) is 14.9 Å². The van der Waals surface area contributed by atoms with Crippen molar-refractivity contribution >= 4 is 28.2 Å². The van der Waals surface area contributed by atoms with Crippen LogP contribution in [-0.4, -0.2) is 50.3 Å². The first kappa shape index (κ1) is 24.9. The van der Waals surface area contributed by atoms with Crippen LogP contribution in [0.15, 0.2) is 59.5 Å². The van der Waals surface area contributed by atoms with Gasteiger partial charge in [-0.1, -0.05) is 32.0 Å². The highest BCUT2D eigenvalue weighted by atomic mass is 35.5. The van der Waals surface area contributed by atoms with Gasteiger partial charge in [-0.15, -0.1) is 12.4 Å². The molecule has 0 saturated carbocycles. The van der Waals surface area contributed by atoms with E-state index in [1.54, 1.807) is 62.6 Å². The topological polar surface area (TPSA) is 95.9 Å². The molecule has 0 radical (unpaired) electrons. The van der Waals surface area contributed by atoms with Crippen LogP contribution in [0.2, 0.25) is 0 Å². The van der Waals surface area contributed by atoms with Crippen LogP contribution < -0.4 is 10.2 Å². The molecule has 160 valence electrons. The van der Waals surface area contributed by atoms with Gasteiger partial charge < -0.3 is 4.74 Å². The van der Waals surface area contributed by atoms with Crippen LogP contribution in [0.3, 0.4) is 0 Å². The number of benzene rings is 2. The number of hydrogen-bond acceptors (Lipinski definition) is 6. The minimum absolute atomic E-state index is 0. The summed E-state index contributed by atoms with van der Waals surface area (Å²) in [6.07, 6.45) is 0. The Bertz CT molecular complexity index is 900. The molecule has 0 aromatic heterocycles. The summed E-state index contributed by atoms with van der Waals surface area (Å²) in [5, 5.41) is 8.99. The Labute approximate surface area is 178 Å². The zero-order valence-electron chi connectivity index (χ0n) is 16.8. The number of carbonyl (C=O) groups excluding carboxylic acids is 1. The molecule has 0 aliphatic carbocycles. The fourth-order valence-electron chi connectivity index (χ4n) is 3.34. The smallest absolute Gasteiger partial charge is 0.261 e. The molecule has 0 fully saturated rings.